The van der Waals surface area contributed by atoms with Gasteiger partial charge in [0.15, 0.2) is 6.61 Å². The van der Waals surface area contributed by atoms with E-state index in [1.54, 1.807) is 32.9 Å². The summed E-state index contributed by atoms with van der Waals surface area (Å²) in [5.74, 6) is -1.01. The van der Waals surface area contributed by atoms with Gasteiger partial charge in [-0.25, -0.2) is 13.2 Å². The molecule has 0 saturated heterocycles. The van der Waals surface area contributed by atoms with Gasteiger partial charge >= 0.3 is 5.97 Å². The zero-order valence-corrected chi connectivity index (χ0v) is 19.3. The molecular formula is C22H30N2O5S. The molecule has 0 aliphatic heterocycles. The number of carbonyl (C=O) groups is 2. The molecule has 0 fully saturated rings. The SMILES string of the molecule is CCN(CC)S(=O)(=O)c1ccc(C)c(C(=O)OCC(=O)c2cc(C)n(CC)c2C)c1. The molecule has 1 aromatic heterocycles. The second-order valence-corrected chi connectivity index (χ2v) is 9.03. The Labute approximate surface area is 178 Å². The van der Waals surface area contributed by atoms with Gasteiger partial charge in [0.2, 0.25) is 15.8 Å². The van der Waals surface area contributed by atoms with Crippen LogP contribution in [0, 0.1) is 20.8 Å². The second-order valence-electron chi connectivity index (χ2n) is 7.09. The number of esters is 1. The van der Waals surface area contributed by atoms with Gasteiger partial charge in [-0.1, -0.05) is 19.9 Å². The van der Waals surface area contributed by atoms with Crippen LogP contribution in [0.1, 0.15) is 58.4 Å². The number of sulfonamides is 1. The summed E-state index contributed by atoms with van der Waals surface area (Å²) in [6.07, 6.45) is 0. The zero-order chi connectivity index (χ0) is 22.6. The minimum Gasteiger partial charge on any atom is -0.454 e. The Morgan fingerprint density at radius 3 is 2.17 bits per heavy atom. The van der Waals surface area contributed by atoms with Gasteiger partial charge in [0.1, 0.15) is 0 Å². The lowest BCUT2D eigenvalue weighted by molar-refractivity contribution is 0.0473. The average molecular weight is 435 g/mol. The largest absolute Gasteiger partial charge is 0.454 e. The summed E-state index contributed by atoms with van der Waals surface area (Å²) in [7, 11) is -3.70. The number of ketones is 1. The molecule has 1 heterocycles. The molecule has 0 saturated carbocycles. The van der Waals surface area contributed by atoms with Crippen molar-refractivity contribution in [1.29, 1.82) is 0 Å². The molecule has 8 heteroatoms. The Balaban J connectivity index is 2.23. The molecule has 0 unspecified atom stereocenters. The van der Waals surface area contributed by atoms with Crippen LogP contribution in [0.25, 0.3) is 0 Å². The highest BCUT2D eigenvalue weighted by molar-refractivity contribution is 7.89. The molecule has 7 nitrogen and oxygen atoms in total. The lowest BCUT2D eigenvalue weighted by atomic mass is 10.1. The van der Waals surface area contributed by atoms with Crippen molar-refractivity contribution in [2.45, 2.75) is 53.0 Å². The molecule has 30 heavy (non-hydrogen) atoms. The van der Waals surface area contributed by atoms with Crippen LogP contribution in [0.3, 0.4) is 0 Å². The number of benzene rings is 1. The molecule has 0 spiro atoms. The molecular weight excluding hydrogens is 404 g/mol. The fourth-order valence-electron chi connectivity index (χ4n) is 3.55. The van der Waals surface area contributed by atoms with Gasteiger partial charge in [0, 0.05) is 36.6 Å². The van der Waals surface area contributed by atoms with Gasteiger partial charge in [-0.15, -0.1) is 0 Å². The Morgan fingerprint density at radius 2 is 1.63 bits per heavy atom. The summed E-state index contributed by atoms with van der Waals surface area (Å²) in [6.45, 7) is 12.0. The number of nitrogens with zero attached hydrogens (tertiary/aromatic N) is 2. The molecule has 0 bridgehead atoms. The maximum Gasteiger partial charge on any atom is 0.338 e. The number of aromatic nitrogens is 1. The predicted molar refractivity (Wildman–Crippen MR) is 115 cm³/mol. The highest BCUT2D eigenvalue weighted by Crippen LogP contribution is 2.21. The maximum absolute atomic E-state index is 12.7. The fraction of sp³-hybridized carbons (Fsp3) is 0.455. The topological polar surface area (TPSA) is 85.7 Å². The number of ether oxygens (including phenoxy) is 1. The minimum absolute atomic E-state index is 0.0292. The predicted octanol–water partition coefficient (Wildman–Crippen LogP) is 3.50. The zero-order valence-electron chi connectivity index (χ0n) is 18.5. The molecule has 0 aliphatic carbocycles. The van der Waals surface area contributed by atoms with Crippen LogP contribution in [0.2, 0.25) is 0 Å². The van der Waals surface area contributed by atoms with E-state index in [2.05, 4.69) is 0 Å². The number of carbonyl (C=O) groups excluding carboxylic acids is 2. The van der Waals surface area contributed by atoms with Crippen molar-refractivity contribution in [2.75, 3.05) is 19.7 Å². The molecule has 2 aromatic rings. The Morgan fingerprint density at radius 1 is 1.00 bits per heavy atom. The van der Waals surface area contributed by atoms with Gasteiger partial charge in [-0.2, -0.15) is 4.31 Å². The van der Waals surface area contributed by atoms with Gasteiger partial charge in [0.25, 0.3) is 0 Å². The van der Waals surface area contributed by atoms with E-state index in [9.17, 15) is 18.0 Å². The first-order chi connectivity index (χ1) is 14.1. The van der Waals surface area contributed by atoms with E-state index in [1.807, 2.05) is 25.3 Å². The van der Waals surface area contributed by atoms with Crippen molar-refractivity contribution < 1.29 is 22.7 Å². The first-order valence-corrected chi connectivity index (χ1v) is 11.5. The molecule has 0 radical (unpaired) electrons. The smallest absolute Gasteiger partial charge is 0.338 e. The lowest BCUT2D eigenvalue weighted by Gasteiger charge is -2.19. The van der Waals surface area contributed by atoms with Crippen molar-refractivity contribution in [2.24, 2.45) is 0 Å². The summed E-state index contributed by atoms with van der Waals surface area (Å²) in [5.41, 5.74) is 3.04. The molecule has 164 valence electrons. The monoisotopic (exact) mass is 434 g/mol. The van der Waals surface area contributed by atoms with E-state index in [1.165, 1.54) is 16.4 Å². The van der Waals surface area contributed by atoms with Crippen molar-refractivity contribution >= 4 is 21.8 Å². The maximum atomic E-state index is 12.7. The summed E-state index contributed by atoms with van der Waals surface area (Å²) in [4.78, 5) is 25.2. The summed E-state index contributed by atoms with van der Waals surface area (Å²) >= 11 is 0. The third-order valence-corrected chi connectivity index (χ3v) is 7.34. The van der Waals surface area contributed by atoms with Crippen LogP contribution >= 0.6 is 0 Å². The third-order valence-electron chi connectivity index (χ3n) is 5.30. The van der Waals surface area contributed by atoms with Crippen LogP contribution in [0.4, 0.5) is 0 Å². The Hall–Kier alpha value is -2.45. The number of Topliss-reactive ketones (excluding diaryl/α,β-unsaturated/α-hetero) is 1. The minimum atomic E-state index is -3.70. The normalized spacial score (nSPS) is 11.7. The van der Waals surface area contributed by atoms with E-state index >= 15 is 0 Å². The number of rotatable bonds is 9. The molecule has 1 aromatic carbocycles. The average Bonchev–Trinajstić information content (AvgIpc) is 3.00. The van der Waals surface area contributed by atoms with Gasteiger partial charge in [0.05, 0.1) is 10.5 Å². The van der Waals surface area contributed by atoms with E-state index in [-0.39, 0.29) is 16.2 Å². The quantitative estimate of drug-likeness (QED) is 0.445. The summed E-state index contributed by atoms with van der Waals surface area (Å²) < 4.78 is 34.1. The first-order valence-electron chi connectivity index (χ1n) is 10.1. The van der Waals surface area contributed by atoms with E-state index in [0.717, 1.165) is 17.9 Å². The van der Waals surface area contributed by atoms with Gasteiger partial charge in [-0.05, 0) is 51.5 Å². The highest BCUT2D eigenvalue weighted by atomic mass is 32.2. The molecule has 2 rings (SSSR count). The first kappa shape index (κ1) is 23.8. The number of aryl methyl sites for hydroxylation is 2. The number of hydrogen-bond donors (Lipinski definition) is 0. The van der Waals surface area contributed by atoms with Crippen molar-refractivity contribution in [3.05, 3.63) is 52.3 Å². The van der Waals surface area contributed by atoms with E-state index < -0.39 is 22.6 Å². The third kappa shape index (κ3) is 4.65. The summed E-state index contributed by atoms with van der Waals surface area (Å²) in [6, 6.07) is 6.16. The van der Waals surface area contributed by atoms with Gasteiger partial charge < -0.3 is 9.30 Å². The summed E-state index contributed by atoms with van der Waals surface area (Å²) in [5, 5.41) is 0. The van der Waals surface area contributed by atoms with Crippen molar-refractivity contribution in [3.8, 4) is 0 Å². The van der Waals surface area contributed by atoms with Crippen LogP contribution in [0.15, 0.2) is 29.2 Å². The van der Waals surface area contributed by atoms with Crippen LogP contribution in [0.5, 0.6) is 0 Å². The second kappa shape index (κ2) is 9.57. The standard InChI is InChI=1S/C22H30N2O5S/c1-7-23(8-2)30(27,28)18-11-10-15(4)19(13-18)22(26)29-14-21(25)20-12-16(5)24(9-3)17(20)6/h10-13H,7-9,14H2,1-6H3. The van der Waals surface area contributed by atoms with E-state index in [0.29, 0.717) is 24.2 Å². The van der Waals surface area contributed by atoms with Gasteiger partial charge in [-0.3, -0.25) is 4.79 Å². The highest BCUT2D eigenvalue weighted by Gasteiger charge is 2.24. The lowest BCUT2D eigenvalue weighted by Crippen LogP contribution is -2.30. The molecule has 0 aliphatic rings. The molecule has 0 N–H and O–H groups in total. The Bertz CT molecular complexity index is 1050. The molecule has 0 atom stereocenters. The van der Waals surface area contributed by atoms with Crippen molar-refractivity contribution in [3.63, 3.8) is 0 Å². The van der Waals surface area contributed by atoms with Crippen LogP contribution in [-0.4, -0.2) is 48.7 Å². The van der Waals surface area contributed by atoms with Crippen molar-refractivity contribution in [1.82, 2.24) is 8.87 Å². The van der Waals surface area contributed by atoms with Crippen LogP contribution in [-0.2, 0) is 21.3 Å². The van der Waals surface area contributed by atoms with Crippen LogP contribution < -0.4 is 0 Å². The Kier molecular flexibility index (Phi) is 7.60. The van der Waals surface area contributed by atoms with E-state index in [4.69, 9.17) is 4.74 Å². The fourth-order valence-corrected chi connectivity index (χ4v) is 5.04. The molecule has 0 amide bonds. The number of hydrogen-bond acceptors (Lipinski definition) is 5.